The van der Waals surface area contributed by atoms with Crippen molar-refractivity contribution in [3.8, 4) is 0 Å². The maximum absolute atomic E-state index is 12.8. The highest BCUT2D eigenvalue weighted by Gasteiger charge is 2.27. The van der Waals surface area contributed by atoms with Gasteiger partial charge in [-0.3, -0.25) is 13.8 Å². The van der Waals surface area contributed by atoms with Gasteiger partial charge in [-0.05, 0) is 51.4 Å². The van der Waals surface area contributed by atoms with E-state index in [0.717, 1.165) is 64.2 Å². The summed E-state index contributed by atoms with van der Waals surface area (Å²) < 4.78 is 23.5. The van der Waals surface area contributed by atoms with Crippen molar-refractivity contribution in [2.75, 3.05) is 40.9 Å². The van der Waals surface area contributed by atoms with Crippen molar-refractivity contribution in [3.63, 3.8) is 0 Å². The first-order valence-electron chi connectivity index (χ1n) is 21.9. The molecule has 0 saturated carbocycles. The summed E-state index contributed by atoms with van der Waals surface area (Å²) in [5, 5.41) is 13.8. The van der Waals surface area contributed by atoms with Crippen LogP contribution in [0.5, 0.6) is 0 Å². The molecule has 0 spiro atoms. The molecule has 0 bridgehead atoms. The minimum Gasteiger partial charge on any atom is -0.387 e. The normalized spacial score (nSPS) is 14.8. The summed E-state index contributed by atoms with van der Waals surface area (Å²) in [4.78, 5) is 23.1. The van der Waals surface area contributed by atoms with E-state index >= 15 is 0 Å². The number of hydrogen-bond acceptors (Lipinski definition) is 5. The van der Waals surface area contributed by atoms with E-state index in [1.165, 1.54) is 103 Å². The number of phosphoric acid groups is 1. The molecule has 0 aromatic rings. The van der Waals surface area contributed by atoms with Gasteiger partial charge in [-0.25, -0.2) is 4.57 Å². The molecule has 0 rings (SSSR count). The highest BCUT2D eigenvalue weighted by atomic mass is 31.2. The van der Waals surface area contributed by atoms with E-state index in [9.17, 15) is 19.4 Å². The van der Waals surface area contributed by atoms with Crippen LogP contribution < -0.4 is 5.32 Å². The summed E-state index contributed by atoms with van der Waals surface area (Å²) in [5.41, 5.74) is 0. The van der Waals surface area contributed by atoms with Gasteiger partial charge in [-0.2, -0.15) is 0 Å². The molecule has 0 aliphatic heterocycles. The molecule has 0 radical (unpaired) electrons. The monoisotopic (exact) mass is 770 g/mol. The maximum Gasteiger partial charge on any atom is 0.472 e. The van der Waals surface area contributed by atoms with Gasteiger partial charge in [0, 0.05) is 6.42 Å². The standard InChI is InChI=1S/C44H85N2O6P/c1-6-8-10-12-14-16-18-20-22-24-26-28-30-32-34-36-38-44(48)45-42(41-52-53(49,50)51-40-39-46(3,4)5)43(47)37-35-33-31-29-27-25-23-21-19-17-15-13-11-9-7-2/h16,18,22,24,35,37,42-43,47H,6-15,17,19-21,23,25-34,36,38-41H2,1-5H3,(H-,45,48,49,50)/p+1/b18-16-,24-22-,37-35+. The van der Waals surface area contributed by atoms with E-state index in [-0.39, 0.29) is 19.1 Å². The topological polar surface area (TPSA) is 105 Å². The summed E-state index contributed by atoms with van der Waals surface area (Å²) in [5.74, 6) is -0.192. The van der Waals surface area contributed by atoms with E-state index in [4.69, 9.17) is 9.05 Å². The second-order valence-electron chi connectivity index (χ2n) is 16.1. The molecule has 0 fully saturated rings. The molecule has 3 unspecified atom stereocenters. The van der Waals surface area contributed by atoms with E-state index in [2.05, 4.69) is 43.5 Å². The fraction of sp³-hybridized carbons (Fsp3) is 0.841. The van der Waals surface area contributed by atoms with E-state index < -0.39 is 20.0 Å². The molecule has 312 valence electrons. The third kappa shape index (κ3) is 38.8. The Hall–Kier alpha value is -1.28. The predicted molar refractivity (Wildman–Crippen MR) is 226 cm³/mol. The zero-order chi connectivity index (χ0) is 39.3. The quantitative estimate of drug-likeness (QED) is 0.0249. The number of quaternary nitrogens is 1. The first-order chi connectivity index (χ1) is 25.5. The second-order valence-corrected chi connectivity index (χ2v) is 17.5. The number of nitrogens with one attached hydrogen (secondary N) is 1. The zero-order valence-electron chi connectivity index (χ0n) is 35.3. The number of phosphoric ester groups is 1. The van der Waals surface area contributed by atoms with Gasteiger partial charge in [0.05, 0.1) is 39.9 Å². The third-order valence-corrected chi connectivity index (χ3v) is 10.6. The number of hydrogen-bond donors (Lipinski definition) is 3. The number of amides is 1. The molecule has 0 aromatic heterocycles. The Morgan fingerprint density at radius 1 is 0.642 bits per heavy atom. The SMILES string of the molecule is CCCCCC/C=C\C/C=C\CCCCCCCC(=O)NC(COP(=O)(O)OCC[N+](C)(C)C)C(O)/C=C/CCCCCCCCCCCCCCC. The third-order valence-electron chi connectivity index (χ3n) is 9.60. The molecule has 0 aromatic carbocycles. The van der Waals surface area contributed by atoms with E-state index in [0.29, 0.717) is 17.4 Å². The van der Waals surface area contributed by atoms with E-state index in [1.54, 1.807) is 6.08 Å². The largest absolute Gasteiger partial charge is 0.472 e. The van der Waals surface area contributed by atoms with Crippen LogP contribution in [0.25, 0.3) is 0 Å². The van der Waals surface area contributed by atoms with Crippen molar-refractivity contribution in [2.45, 2.75) is 199 Å². The molecule has 0 aliphatic carbocycles. The lowest BCUT2D eigenvalue weighted by Gasteiger charge is -2.25. The molecule has 0 aliphatic rings. The molecule has 0 saturated heterocycles. The first-order valence-corrected chi connectivity index (χ1v) is 23.4. The lowest BCUT2D eigenvalue weighted by molar-refractivity contribution is -0.870. The summed E-state index contributed by atoms with van der Waals surface area (Å²) in [6.45, 7) is 4.78. The van der Waals surface area contributed by atoms with Gasteiger partial charge in [0.25, 0.3) is 0 Å². The van der Waals surface area contributed by atoms with Crippen LogP contribution in [-0.2, 0) is 18.4 Å². The number of aliphatic hydroxyl groups is 1. The van der Waals surface area contributed by atoms with Gasteiger partial charge in [0.2, 0.25) is 5.91 Å². The Morgan fingerprint density at radius 3 is 1.57 bits per heavy atom. The average molecular weight is 770 g/mol. The predicted octanol–water partition coefficient (Wildman–Crippen LogP) is 11.9. The Balaban J connectivity index is 4.48. The average Bonchev–Trinajstić information content (AvgIpc) is 3.10. The van der Waals surface area contributed by atoms with Crippen molar-refractivity contribution in [2.24, 2.45) is 0 Å². The molecule has 0 heterocycles. The van der Waals surface area contributed by atoms with Crippen LogP contribution in [0.3, 0.4) is 0 Å². The number of unbranched alkanes of at least 4 members (excludes halogenated alkanes) is 22. The molecule has 3 N–H and O–H groups in total. The smallest absolute Gasteiger partial charge is 0.387 e. The van der Waals surface area contributed by atoms with Crippen molar-refractivity contribution >= 4 is 13.7 Å². The number of aliphatic hydroxyl groups excluding tert-OH is 1. The van der Waals surface area contributed by atoms with Gasteiger partial charge in [-0.1, -0.05) is 166 Å². The minimum absolute atomic E-state index is 0.0583. The number of allylic oxidation sites excluding steroid dienone is 5. The zero-order valence-corrected chi connectivity index (χ0v) is 36.1. The molecular weight excluding hydrogens is 683 g/mol. The summed E-state index contributed by atoms with van der Waals surface area (Å²) >= 11 is 0. The molecule has 1 amide bonds. The summed E-state index contributed by atoms with van der Waals surface area (Å²) in [7, 11) is 1.56. The molecule has 8 nitrogen and oxygen atoms in total. The van der Waals surface area contributed by atoms with Crippen LogP contribution in [0.15, 0.2) is 36.5 Å². The van der Waals surface area contributed by atoms with E-state index in [1.807, 2.05) is 27.2 Å². The number of likely N-dealkylation sites (N-methyl/N-ethyl adjacent to an activating group) is 1. The Kier molecular flexibility index (Phi) is 35.5. The molecule has 3 atom stereocenters. The molecule has 9 heteroatoms. The number of nitrogens with zero attached hydrogens (tertiary/aromatic N) is 1. The Labute approximate surface area is 327 Å². The summed E-state index contributed by atoms with van der Waals surface area (Å²) in [6.07, 6.45) is 43.4. The Morgan fingerprint density at radius 2 is 1.08 bits per heavy atom. The summed E-state index contributed by atoms with van der Waals surface area (Å²) in [6, 6.07) is -0.851. The van der Waals surface area contributed by atoms with Crippen molar-refractivity contribution in [1.82, 2.24) is 5.32 Å². The first kappa shape index (κ1) is 51.7. The molecular formula is C44H86N2O6P+. The molecule has 53 heavy (non-hydrogen) atoms. The van der Waals surface area contributed by atoms with Gasteiger partial charge in [0.1, 0.15) is 13.2 Å². The lowest BCUT2D eigenvalue weighted by Crippen LogP contribution is -2.45. The lowest BCUT2D eigenvalue weighted by atomic mass is 10.0. The van der Waals surface area contributed by atoms with Crippen LogP contribution in [0.1, 0.15) is 187 Å². The fourth-order valence-corrected chi connectivity index (χ4v) is 6.81. The fourth-order valence-electron chi connectivity index (χ4n) is 6.07. The van der Waals surface area contributed by atoms with Gasteiger partial charge >= 0.3 is 7.82 Å². The van der Waals surface area contributed by atoms with Crippen LogP contribution in [0.2, 0.25) is 0 Å². The number of carbonyl (C=O) groups excluding carboxylic acids is 1. The highest BCUT2D eigenvalue weighted by Crippen LogP contribution is 2.43. The highest BCUT2D eigenvalue weighted by molar-refractivity contribution is 7.47. The Bertz CT molecular complexity index is 964. The van der Waals surface area contributed by atoms with Crippen LogP contribution >= 0.6 is 7.82 Å². The minimum atomic E-state index is -4.34. The van der Waals surface area contributed by atoms with Crippen molar-refractivity contribution in [3.05, 3.63) is 36.5 Å². The van der Waals surface area contributed by atoms with Crippen LogP contribution in [0.4, 0.5) is 0 Å². The number of rotatable bonds is 39. The maximum atomic E-state index is 12.8. The second kappa shape index (κ2) is 36.4. The van der Waals surface area contributed by atoms with Gasteiger partial charge in [0.15, 0.2) is 0 Å². The van der Waals surface area contributed by atoms with Crippen LogP contribution in [0, 0.1) is 0 Å². The van der Waals surface area contributed by atoms with Gasteiger partial charge in [-0.15, -0.1) is 0 Å². The van der Waals surface area contributed by atoms with Crippen molar-refractivity contribution < 1.29 is 32.9 Å². The van der Waals surface area contributed by atoms with Crippen molar-refractivity contribution in [1.29, 1.82) is 0 Å². The van der Waals surface area contributed by atoms with Gasteiger partial charge < -0.3 is 19.8 Å². The van der Waals surface area contributed by atoms with Crippen LogP contribution in [-0.4, -0.2) is 73.4 Å². The number of carbonyl (C=O) groups is 1.